The Morgan fingerprint density at radius 3 is 2.48 bits per heavy atom. The largest absolute Gasteiger partial charge is 0.497 e. The van der Waals surface area contributed by atoms with E-state index < -0.39 is 5.82 Å². The topological polar surface area (TPSA) is 47.3 Å². The van der Waals surface area contributed by atoms with Crippen molar-refractivity contribution in [3.05, 3.63) is 59.2 Å². The van der Waals surface area contributed by atoms with Gasteiger partial charge in [0.05, 0.1) is 18.8 Å². The number of anilines is 1. The lowest BCUT2D eigenvalue weighted by atomic mass is 10.0. The van der Waals surface area contributed by atoms with Crippen molar-refractivity contribution in [3.8, 4) is 5.75 Å². The first-order chi connectivity index (χ1) is 10.0. The zero-order valence-corrected chi connectivity index (χ0v) is 12.0. The van der Waals surface area contributed by atoms with E-state index >= 15 is 0 Å². The first-order valence-corrected chi connectivity index (χ1v) is 6.61. The van der Waals surface area contributed by atoms with Crippen LogP contribution in [0.4, 0.5) is 14.5 Å². The summed E-state index contributed by atoms with van der Waals surface area (Å²) in [6.45, 7) is 1.93. The number of nitrogens with two attached hydrogens (primary N) is 1. The van der Waals surface area contributed by atoms with E-state index in [1.807, 2.05) is 0 Å². The quantitative estimate of drug-likeness (QED) is 0.888. The number of benzene rings is 2. The number of ether oxygens (including phenoxy) is 1. The molecule has 5 heteroatoms. The zero-order valence-electron chi connectivity index (χ0n) is 12.0. The Labute approximate surface area is 122 Å². The van der Waals surface area contributed by atoms with Crippen LogP contribution in [0.3, 0.4) is 0 Å². The first-order valence-electron chi connectivity index (χ1n) is 6.61. The van der Waals surface area contributed by atoms with Crippen LogP contribution in [0.2, 0.25) is 0 Å². The fourth-order valence-corrected chi connectivity index (χ4v) is 2.09. The molecule has 0 spiro atoms. The van der Waals surface area contributed by atoms with E-state index in [9.17, 15) is 8.78 Å². The molecule has 0 aliphatic carbocycles. The van der Waals surface area contributed by atoms with Gasteiger partial charge in [0.15, 0.2) is 0 Å². The molecule has 0 saturated carbocycles. The predicted molar refractivity (Wildman–Crippen MR) is 79.5 cm³/mol. The van der Waals surface area contributed by atoms with E-state index in [1.165, 1.54) is 19.2 Å². The third kappa shape index (κ3) is 3.49. The van der Waals surface area contributed by atoms with Crippen molar-refractivity contribution in [1.29, 1.82) is 0 Å². The molecule has 0 fully saturated rings. The molecule has 21 heavy (non-hydrogen) atoms. The van der Waals surface area contributed by atoms with Gasteiger partial charge in [-0.2, -0.15) is 0 Å². The van der Waals surface area contributed by atoms with Crippen LogP contribution in [0, 0.1) is 18.6 Å². The van der Waals surface area contributed by atoms with E-state index in [0.717, 1.165) is 5.56 Å². The molecular formula is C16H18F2N2O. The SMILES string of the molecule is COc1ccc(F)c(NC(CN)c2ccc(F)c(C)c2)c1. The van der Waals surface area contributed by atoms with Crippen LogP contribution >= 0.6 is 0 Å². The maximum Gasteiger partial charge on any atom is 0.146 e. The van der Waals surface area contributed by atoms with E-state index in [2.05, 4.69) is 5.32 Å². The van der Waals surface area contributed by atoms with Crippen molar-refractivity contribution in [2.45, 2.75) is 13.0 Å². The monoisotopic (exact) mass is 292 g/mol. The molecule has 2 rings (SSSR count). The summed E-state index contributed by atoms with van der Waals surface area (Å²) in [5.74, 6) is -0.125. The van der Waals surface area contributed by atoms with Crippen LogP contribution in [0.1, 0.15) is 17.2 Å². The highest BCUT2D eigenvalue weighted by Crippen LogP contribution is 2.26. The van der Waals surface area contributed by atoms with Gasteiger partial charge < -0.3 is 15.8 Å². The molecule has 0 amide bonds. The van der Waals surface area contributed by atoms with Crippen molar-refractivity contribution in [3.63, 3.8) is 0 Å². The molecule has 3 nitrogen and oxygen atoms in total. The minimum absolute atomic E-state index is 0.252. The van der Waals surface area contributed by atoms with E-state index in [1.54, 1.807) is 31.2 Å². The third-order valence-electron chi connectivity index (χ3n) is 3.32. The standard InChI is InChI=1S/C16H18F2N2O/c1-10-7-11(3-5-13(10)17)16(9-19)20-15-8-12(21-2)4-6-14(15)18/h3-8,16,20H,9,19H2,1-2H3. The average Bonchev–Trinajstić information content (AvgIpc) is 2.49. The minimum atomic E-state index is -0.395. The normalized spacial score (nSPS) is 12.0. The second-order valence-electron chi connectivity index (χ2n) is 4.79. The van der Waals surface area contributed by atoms with Gasteiger partial charge in [0, 0.05) is 12.6 Å². The number of halogens is 2. The summed E-state index contributed by atoms with van der Waals surface area (Å²) in [4.78, 5) is 0. The van der Waals surface area contributed by atoms with Gasteiger partial charge >= 0.3 is 0 Å². The van der Waals surface area contributed by atoms with Crippen LogP contribution in [-0.4, -0.2) is 13.7 Å². The Morgan fingerprint density at radius 1 is 1.14 bits per heavy atom. The van der Waals surface area contributed by atoms with Crippen molar-refractivity contribution < 1.29 is 13.5 Å². The second-order valence-corrected chi connectivity index (χ2v) is 4.79. The van der Waals surface area contributed by atoms with Crippen molar-refractivity contribution in [2.75, 3.05) is 19.0 Å². The minimum Gasteiger partial charge on any atom is -0.497 e. The van der Waals surface area contributed by atoms with Crippen molar-refractivity contribution in [1.82, 2.24) is 0 Å². The molecule has 2 aromatic carbocycles. The molecule has 0 bridgehead atoms. The summed E-state index contributed by atoms with van der Waals surface area (Å²) >= 11 is 0. The Hall–Kier alpha value is -2.14. The van der Waals surface area contributed by atoms with Crippen LogP contribution in [0.25, 0.3) is 0 Å². The molecule has 0 aliphatic rings. The van der Waals surface area contributed by atoms with Crippen LogP contribution in [-0.2, 0) is 0 Å². The maximum atomic E-state index is 13.8. The lowest BCUT2D eigenvalue weighted by Crippen LogP contribution is -2.21. The Morgan fingerprint density at radius 2 is 1.86 bits per heavy atom. The average molecular weight is 292 g/mol. The highest BCUT2D eigenvalue weighted by Gasteiger charge is 2.14. The smallest absolute Gasteiger partial charge is 0.146 e. The molecule has 0 heterocycles. The Balaban J connectivity index is 2.28. The van der Waals surface area contributed by atoms with Crippen molar-refractivity contribution >= 4 is 5.69 Å². The fraction of sp³-hybridized carbons (Fsp3) is 0.250. The molecule has 0 saturated heterocycles. The van der Waals surface area contributed by atoms with Gasteiger partial charge in [-0.05, 0) is 36.2 Å². The molecule has 0 aromatic heterocycles. The highest BCUT2D eigenvalue weighted by atomic mass is 19.1. The van der Waals surface area contributed by atoms with Crippen LogP contribution < -0.4 is 15.8 Å². The number of aryl methyl sites for hydroxylation is 1. The van der Waals surface area contributed by atoms with Gasteiger partial charge in [0.1, 0.15) is 17.4 Å². The molecule has 3 N–H and O–H groups in total. The molecule has 112 valence electrons. The summed E-state index contributed by atoms with van der Waals surface area (Å²) in [5, 5.41) is 3.03. The maximum absolute atomic E-state index is 13.8. The lowest BCUT2D eigenvalue weighted by Gasteiger charge is -2.20. The molecule has 1 atom stereocenters. The molecular weight excluding hydrogens is 274 g/mol. The second kappa shape index (κ2) is 6.54. The van der Waals surface area contributed by atoms with Gasteiger partial charge in [-0.15, -0.1) is 0 Å². The molecule has 0 radical (unpaired) electrons. The Kier molecular flexibility index (Phi) is 4.75. The Bertz CT molecular complexity index is 632. The molecule has 1 unspecified atom stereocenters. The third-order valence-corrected chi connectivity index (χ3v) is 3.32. The summed E-state index contributed by atoms with van der Waals surface area (Å²) in [6.07, 6.45) is 0. The van der Waals surface area contributed by atoms with E-state index in [0.29, 0.717) is 17.0 Å². The van der Waals surface area contributed by atoms with Crippen molar-refractivity contribution in [2.24, 2.45) is 5.73 Å². The highest BCUT2D eigenvalue weighted by molar-refractivity contribution is 5.51. The fourth-order valence-electron chi connectivity index (χ4n) is 2.09. The number of rotatable bonds is 5. The first kappa shape index (κ1) is 15.3. The van der Waals surface area contributed by atoms with E-state index in [4.69, 9.17) is 10.5 Å². The number of hydrogen-bond donors (Lipinski definition) is 2. The predicted octanol–water partition coefficient (Wildman–Crippen LogP) is 3.39. The van der Waals surface area contributed by atoms with E-state index in [-0.39, 0.29) is 18.4 Å². The summed E-state index contributed by atoms with van der Waals surface area (Å²) in [5.41, 5.74) is 7.38. The summed E-state index contributed by atoms with van der Waals surface area (Å²) < 4.78 is 32.2. The van der Waals surface area contributed by atoms with Gasteiger partial charge in [-0.3, -0.25) is 0 Å². The van der Waals surface area contributed by atoms with Gasteiger partial charge in [0.25, 0.3) is 0 Å². The zero-order chi connectivity index (χ0) is 15.4. The van der Waals surface area contributed by atoms with Gasteiger partial charge in [-0.25, -0.2) is 8.78 Å². The molecule has 2 aromatic rings. The lowest BCUT2D eigenvalue weighted by molar-refractivity contribution is 0.414. The number of methoxy groups -OCH3 is 1. The summed E-state index contributed by atoms with van der Waals surface area (Å²) in [7, 11) is 1.51. The van der Waals surface area contributed by atoms with Gasteiger partial charge in [0.2, 0.25) is 0 Å². The number of nitrogens with one attached hydrogen (secondary N) is 1. The molecule has 0 aliphatic heterocycles. The van der Waals surface area contributed by atoms with Gasteiger partial charge in [-0.1, -0.05) is 12.1 Å². The summed E-state index contributed by atoms with van der Waals surface area (Å²) in [6, 6.07) is 8.85. The van der Waals surface area contributed by atoms with Crippen LogP contribution in [0.5, 0.6) is 5.75 Å². The number of hydrogen-bond acceptors (Lipinski definition) is 3. The van der Waals surface area contributed by atoms with Crippen LogP contribution in [0.15, 0.2) is 36.4 Å².